The van der Waals surface area contributed by atoms with Crippen LogP contribution in [0.3, 0.4) is 0 Å². The summed E-state index contributed by atoms with van der Waals surface area (Å²) in [6.07, 6.45) is 5.76. The first kappa shape index (κ1) is 10.4. The van der Waals surface area contributed by atoms with Gasteiger partial charge in [-0.15, -0.1) is 0 Å². The molecule has 0 aromatic rings. The molecule has 3 atom stereocenters. The van der Waals surface area contributed by atoms with Gasteiger partial charge in [-0.3, -0.25) is 0 Å². The van der Waals surface area contributed by atoms with Crippen molar-refractivity contribution < 1.29 is 4.74 Å². The van der Waals surface area contributed by atoms with Gasteiger partial charge in [-0.25, -0.2) is 0 Å². The van der Waals surface area contributed by atoms with E-state index in [1.807, 2.05) is 7.11 Å². The second kappa shape index (κ2) is 3.49. The fourth-order valence-electron chi connectivity index (χ4n) is 3.39. The van der Waals surface area contributed by atoms with Crippen LogP contribution in [0.2, 0.25) is 0 Å². The van der Waals surface area contributed by atoms with Gasteiger partial charge in [0.25, 0.3) is 0 Å². The minimum absolute atomic E-state index is 0.377. The van der Waals surface area contributed by atoms with E-state index < -0.39 is 0 Å². The van der Waals surface area contributed by atoms with E-state index in [0.29, 0.717) is 23.5 Å². The van der Waals surface area contributed by atoms with Gasteiger partial charge in [0.1, 0.15) is 0 Å². The van der Waals surface area contributed by atoms with E-state index in [1.165, 1.54) is 25.7 Å². The Labute approximate surface area is 87.2 Å². The summed E-state index contributed by atoms with van der Waals surface area (Å²) in [6.45, 7) is 4.47. The second-order valence-corrected chi connectivity index (χ2v) is 5.47. The summed E-state index contributed by atoms with van der Waals surface area (Å²) < 4.78 is 5.55. The number of hydrogen-bond donors (Lipinski definition) is 1. The topological polar surface area (TPSA) is 35.2 Å². The van der Waals surface area contributed by atoms with Crippen LogP contribution in [-0.4, -0.2) is 19.3 Å². The third-order valence-corrected chi connectivity index (χ3v) is 4.65. The second-order valence-electron chi connectivity index (χ2n) is 5.47. The molecule has 0 radical (unpaired) electrons. The Morgan fingerprint density at radius 1 is 1.36 bits per heavy atom. The number of rotatable bonds is 3. The molecule has 2 aliphatic rings. The number of methoxy groups -OCH3 is 1. The van der Waals surface area contributed by atoms with E-state index in [-0.39, 0.29) is 0 Å². The molecule has 3 unspecified atom stereocenters. The summed E-state index contributed by atoms with van der Waals surface area (Å²) in [7, 11) is 1.85. The lowest BCUT2D eigenvalue weighted by atomic mass is 9.45. The average Bonchev–Trinajstić information content (AvgIpc) is 1.99. The van der Waals surface area contributed by atoms with E-state index in [0.717, 1.165) is 5.92 Å². The fourth-order valence-corrected chi connectivity index (χ4v) is 3.39. The van der Waals surface area contributed by atoms with Crippen LogP contribution in [0.1, 0.15) is 39.5 Å². The first-order valence-electron chi connectivity index (χ1n) is 5.90. The van der Waals surface area contributed by atoms with Gasteiger partial charge in [0, 0.05) is 18.6 Å². The monoisotopic (exact) mass is 197 g/mol. The van der Waals surface area contributed by atoms with Gasteiger partial charge in [-0.1, -0.05) is 20.3 Å². The largest absolute Gasteiger partial charge is 0.381 e. The first-order chi connectivity index (χ1) is 6.62. The van der Waals surface area contributed by atoms with Gasteiger partial charge in [-0.05, 0) is 31.1 Å². The average molecular weight is 197 g/mol. The Morgan fingerprint density at radius 2 is 2.00 bits per heavy atom. The van der Waals surface area contributed by atoms with Gasteiger partial charge in [0.2, 0.25) is 0 Å². The molecular formula is C12H23NO. The van der Waals surface area contributed by atoms with Crippen LogP contribution in [0.4, 0.5) is 0 Å². The zero-order valence-corrected chi connectivity index (χ0v) is 9.62. The Hall–Kier alpha value is -0.0800. The number of nitrogens with two attached hydrogens (primary N) is 1. The summed E-state index contributed by atoms with van der Waals surface area (Å²) in [4.78, 5) is 0. The lowest BCUT2D eigenvalue weighted by molar-refractivity contribution is -0.194. The van der Waals surface area contributed by atoms with Crippen LogP contribution in [-0.2, 0) is 4.74 Å². The van der Waals surface area contributed by atoms with Crippen molar-refractivity contribution in [2.75, 3.05) is 7.11 Å². The maximum absolute atomic E-state index is 6.27. The van der Waals surface area contributed by atoms with Gasteiger partial charge in [0.05, 0.1) is 6.10 Å². The molecule has 0 bridgehead atoms. The molecule has 0 aliphatic heterocycles. The van der Waals surface area contributed by atoms with Crippen LogP contribution in [0.15, 0.2) is 0 Å². The van der Waals surface area contributed by atoms with Crippen LogP contribution in [0, 0.1) is 17.3 Å². The predicted molar refractivity (Wildman–Crippen MR) is 58.0 cm³/mol. The van der Waals surface area contributed by atoms with Crippen molar-refractivity contribution in [3.05, 3.63) is 0 Å². The standard InChI is InChI=1S/C12H23NO/c1-8(2)11(13)9-7-10(14-3)12(9)5-4-6-12/h8-11H,4-7,13H2,1-3H3. The summed E-state index contributed by atoms with van der Waals surface area (Å²) in [5.74, 6) is 1.33. The highest BCUT2D eigenvalue weighted by Gasteiger charge is 2.60. The fraction of sp³-hybridized carbons (Fsp3) is 1.00. The molecule has 2 nitrogen and oxygen atoms in total. The molecule has 2 fully saturated rings. The van der Waals surface area contributed by atoms with Crippen molar-refractivity contribution >= 4 is 0 Å². The summed E-state index contributed by atoms with van der Waals surface area (Å²) in [6, 6.07) is 0.377. The molecule has 2 rings (SSSR count). The summed E-state index contributed by atoms with van der Waals surface area (Å²) in [5, 5.41) is 0. The maximum atomic E-state index is 6.27. The lowest BCUT2D eigenvalue weighted by Gasteiger charge is -2.63. The Bertz CT molecular complexity index is 210. The quantitative estimate of drug-likeness (QED) is 0.752. The molecular weight excluding hydrogens is 174 g/mol. The normalized spacial score (nSPS) is 36.6. The molecule has 0 aromatic carbocycles. The highest BCUT2D eigenvalue weighted by molar-refractivity contribution is 5.11. The molecule has 0 amide bonds. The van der Waals surface area contributed by atoms with Crippen molar-refractivity contribution in [2.24, 2.45) is 23.0 Å². The smallest absolute Gasteiger partial charge is 0.0634 e. The predicted octanol–water partition coefficient (Wildman–Crippen LogP) is 2.17. The van der Waals surface area contributed by atoms with Gasteiger partial charge in [0.15, 0.2) is 0 Å². The Kier molecular flexibility index (Phi) is 2.61. The van der Waals surface area contributed by atoms with Crippen LogP contribution in [0.25, 0.3) is 0 Å². The highest BCUT2D eigenvalue weighted by atomic mass is 16.5. The lowest BCUT2D eigenvalue weighted by Crippen LogP contribution is -2.64. The highest BCUT2D eigenvalue weighted by Crippen LogP contribution is 2.62. The zero-order chi connectivity index (χ0) is 10.3. The van der Waals surface area contributed by atoms with Crippen molar-refractivity contribution in [3.8, 4) is 0 Å². The minimum atomic E-state index is 0.377. The van der Waals surface area contributed by atoms with Gasteiger partial charge < -0.3 is 10.5 Å². The van der Waals surface area contributed by atoms with E-state index >= 15 is 0 Å². The minimum Gasteiger partial charge on any atom is -0.381 e. The number of hydrogen-bond acceptors (Lipinski definition) is 2. The zero-order valence-electron chi connectivity index (χ0n) is 9.62. The molecule has 0 heterocycles. The number of ether oxygens (including phenoxy) is 1. The van der Waals surface area contributed by atoms with Crippen LogP contribution in [0.5, 0.6) is 0 Å². The molecule has 0 aromatic heterocycles. The molecule has 14 heavy (non-hydrogen) atoms. The summed E-state index contributed by atoms with van der Waals surface area (Å²) >= 11 is 0. The maximum Gasteiger partial charge on any atom is 0.0634 e. The van der Waals surface area contributed by atoms with Crippen molar-refractivity contribution in [1.29, 1.82) is 0 Å². The van der Waals surface area contributed by atoms with Crippen molar-refractivity contribution in [3.63, 3.8) is 0 Å². The Morgan fingerprint density at radius 3 is 2.36 bits per heavy atom. The first-order valence-corrected chi connectivity index (χ1v) is 5.90. The molecule has 2 saturated carbocycles. The molecule has 2 aliphatic carbocycles. The molecule has 2 N–H and O–H groups in total. The Balaban J connectivity index is 2.02. The molecule has 82 valence electrons. The van der Waals surface area contributed by atoms with E-state index in [9.17, 15) is 0 Å². The van der Waals surface area contributed by atoms with Crippen molar-refractivity contribution in [2.45, 2.75) is 51.7 Å². The third-order valence-electron chi connectivity index (χ3n) is 4.65. The third kappa shape index (κ3) is 1.24. The summed E-state index contributed by atoms with van der Waals surface area (Å²) in [5.41, 5.74) is 6.75. The van der Waals surface area contributed by atoms with Crippen LogP contribution < -0.4 is 5.73 Å². The van der Waals surface area contributed by atoms with Crippen molar-refractivity contribution in [1.82, 2.24) is 0 Å². The van der Waals surface area contributed by atoms with E-state index in [2.05, 4.69) is 13.8 Å². The molecule has 2 heteroatoms. The molecule has 0 saturated heterocycles. The van der Waals surface area contributed by atoms with Gasteiger partial charge in [-0.2, -0.15) is 0 Å². The van der Waals surface area contributed by atoms with Crippen LogP contribution >= 0.6 is 0 Å². The van der Waals surface area contributed by atoms with E-state index in [1.54, 1.807) is 0 Å². The molecule has 1 spiro atoms. The van der Waals surface area contributed by atoms with E-state index in [4.69, 9.17) is 10.5 Å². The van der Waals surface area contributed by atoms with Gasteiger partial charge >= 0.3 is 0 Å². The SMILES string of the molecule is COC1CC(C(N)C(C)C)C12CCC2.